The van der Waals surface area contributed by atoms with Crippen LogP contribution in [0.1, 0.15) is 34.6 Å². The Morgan fingerprint density at radius 3 is 2.58 bits per heavy atom. The van der Waals surface area contributed by atoms with Crippen LogP contribution in [-0.2, 0) is 4.74 Å². The highest BCUT2D eigenvalue weighted by molar-refractivity contribution is 6.04. The van der Waals surface area contributed by atoms with E-state index in [0.29, 0.717) is 12.2 Å². The lowest BCUT2D eigenvalue weighted by Crippen LogP contribution is -2.16. The molecule has 1 aliphatic heterocycles. The predicted molar refractivity (Wildman–Crippen MR) is 92.6 cm³/mol. The first-order valence-electron chi connectivity index (χ1n) is 8.21. The van der Waals surface area contributed by atoms with Gasteiger partial charge >= 0.3 is 0 Å². The maximum atomic E-state index is 12.3. The molecule has 0 radical (unpaired) electrons. The van der Waals surface area contributed by atoms with Crippen LogP contribution in [0.3, 0.4) is 0 Å². The molecule has 0 aliphatic carbocycles. The number of ether oxygens (including phenoxy) is 2. The summed E-state index contributed by atoms with van der Waals surface area (Å²) in [6.45, 7) is 5.15. The van der Waals surface area contributed by atoms with Crippen LogP contribution in [0.5, 0.6) is 5.75 Å². The summed E-state index contributed by atoms with van der Waals surface area (Å²) in [6, 6.07) is 10.9. The number of anilines is 1. The minimum atomic E-state index is -0.142. The Balaban J connectivity index is 1.57. The molecule has 126 valence electrons. The lowest BCUT2D eigenvalue weighted by molar-refractivity contribution is 0.0679. The maximum Gasteiger partial charge on any atom is 0.255 e. The molecule has 2 heterocycles. The second-order valence-electron chi connectivity index (χ2n) is 6.06. The van der Waals surface area contributed by atoms with Crippen LogP contribution in [0.25, 0.3) is 0 Å². The van der Waals surface area contributed by atoms with E-state index in [-0.39, 0.29) is 12.0 Å². The van der Waals surface area contributed by atoms with E-state index in [4.69, 9.17) is 9.47 Å². The summed E-state index contributed by atoms with van der Waals surface area (Å²) in [4.78, 5) is 16.6. The Kier molecular flexibility index (Phi) is 5.11. The SMILES string of the molecule is Cc1cc(C(=O)Nc2ccc(OCC3CCCO3)cc2)cc(C)n1. The third-order valence-electron chi connectivity index (χ3n) is 3.92. The quantitative estimate of drug-likeness (QED) is 0.913. The van der Waals surface area contributed by atoms with Crippen molar-refractivity contribution < 1.29 is 14.3 Å². The zero-order chi connectivity index (χ0) is 16.9. The van der Waals surface area contributed by atoms with E-state index >= 15 is 0 Å². The number of amides is 1. The van der Waals surface area contributed by atoms with Crippen LogP contribution >= 0.6 is 0 Å². The smallest absolute Gasteiger partial charge is 0.255 e. The number of hydrogen-bond donors (Lipinski definition) is 1. The third kappa shape index (κ3) is 4.32. The van der Waals surface area contributed by atoms with Gasteiger partial charge in [0.1, 0.15) is 12.4 Å². The van der Waals surface area contributed by atoms with Crippen LogP contribution in [0, 0.1) is 13.8 Å². The van der Waals surface area contributed by atoms with Gasteiger partial charge in [0.05, 0.1) is 6.10 Å². The van der Waals surface area contributed by atoms with Gasteiger partial charge in [-0.3, -0.25) is 9.78 Å². The minimum absolute atomic E-state index is 0.142. The molecular weight excluding hydrogens is 304 g/mol. The molecule has 24 heavy (non-hydrogen) atoms. The van der Waals surface area contributed by atoms with Gasteiger partial charge in [-0.2, -0.15) is 0 Å². The van der Waals surface area contributed by atoms with Crippen molar-refractivity contribution in [1.82, 2.24) is 4.98 Å². The van der Waals surface area contributed by atoms with Crippen molar-refractivity contribution in [3.05, 3.63) is 53.3 Å². The number of carbonyl (C=O) groups excluding carboxylic acids is 1. The van der Waals surface area contributed by atoms with E-state index in [0.717, 1.165) is 42.3 Å². The standard InChI is InChI=1S/C19H22N2O3/c1-13-10-15(11-14(2)20-13)19(22)21-16-5-7-17(8-6-16)24-12-18-4-3-9-23-18/h5-8,10-11,18H,3-4,9,12H2,1-2H3,(H,21,22). The number of benzene rings is 1. The van der Waals surface area contributed by atoms with Gasteiger partial charge in [0.2, 0.25) is 0 Å². The van der Waals surface area contributed by atoms with Crippen molar-refractivity contribution in [2.24, 2.45) is 0 Å². The fourth-order valence-corrected chi connectivity index (χ4v) is 2.77. The van der Waals surface area contributed by atoms with Crippen molar-refractivity contribution in [1.29, 1.82) is 0 Å². The van der Waals surface area contributed by atoms with Crippen molar-refractivity contribution in [3.63, 3.8) is 0 Å². The highest BCUT2D eigenvalue weighted by atomic mass is 16.5. The largest absolute Gasteiger partial charge is 0.491 e. The van der Waals surface area contributed by atoms with Gasteiger partial charge < -0.3 is 14.8 Å². The zero-order valence-corrected chi connectivity index (χ0v) is 14.0. The average Bonchev–Trinajstić information content (AvgIpc) is 3.07. The summed E-state index contributed by atoms with van der Waals surface area (Å²) >= 11 is 0. The normalized spacial score (nSPS) is 16.8. The molecule has 1 amide bonds. The van der Waals surface area contributed by atoms with Crippen molar-refractivity contribution in [2.75, 3.05) is 18.5 Å². The summed E-state index contributed by atoms with van der Waals surface area (Å²) < 4.78 is 11.3. The fourth-order valence-electron chi connectivity index (χ4n) is 2.77. The number of nitrogens with zero attached hydrogens (tertiary/aromatic N) is 1. The minimum Gasteiger partial charge on any atom is -0.491 e. The van der Waals surface area contributed by atoms with Gasteiger partial charge in [-0.25, -0.2) is 0 Å². The van der Waals surface area contributed by atoms with Gasteiger partial charge in [0.15, 0.2) is 0 Å². The molecule has 5 nitrogen and oxygen atoms in total. The number of hydrogen-bond acceptors (Lipinski definition) is 4. The second-order valence-corrected chi connectivity index (χ2v) is 6.06. The molecule has 3 rings (SSSR count). The molecular formula is C19H22N2O3. The number of aryl methyl sites for hydroxylation is 2. The molecule has 0 bridgehead atoms. The van der Waals surface area contributed by atoms with Crippen LogP contribution in [0.4, 0.5) is 5.69 Å². The van der Waals surface area contributed by atoms with Gasteiger partial charge in [-0.1, -0.05) is 0 Å². The molecule has 1 atom stereocenters. The molecule has 1 aromatic carbocycles. The highest BCUT2D eigenvalue weighted by Gasteiger charge is 2.16. The van der Waals surface area contributed by atoms with Crippen LogP contribution < -0.4 is 10.1 Å². The number of pyridine rings is 1. The number of aromatic nitrogens is 1. The van der Waals surface area contributed by atoms with E-state index < -0.39 is 0 Å². The van der Waals surface area contributed by atoms with E-state index in [1.807, 2.05) is 38.1 Å². The average molecular weight is 326 g/mol. The second kappa shape index (κ2) is 7.45. The van der Waals surface area contributed by atoms with Crippen LogP contribution in [0.2, 0.25) is 0 Å². The maximum absolute atomic E-state index is 12.3. The van der Waals surface area contributed by atoms with E-state index in [9.17, 15) is 4.79 Å². The predicted octanol–water partition coefficient (Wildman–Crippen LogP) is 3.51. The molecule has 0 saturated carbocycles. The molecule has 0 spiro atoms. The summed E-state index contributed by atoms with van der Waals surface area (Å²) in [5.41, 5.74) is 3.01. The Morgan fingerprint density at radius 2 is 1.96 bits per heavy atom. The van der Waals surface area contributed by atoms with E-state index in [2.05, 4.69) is 10.3 Å². The lowest BCUT2D eigenvalue weighted by Gasteiger charge is -2.12. The van der Waals surface area contributed by atoms with Gasteiger partial charge in [0.25, 0.3) is 5.91 Å². The summed E-state index contributed by atoms with van der Waals surface area (Å²) in [6.07, 6.45) is 2.36. The number of rotatable bonds is 5. The Morgan fingerprint density at radius 1 is 1.25 bits per heavy atom. The van der Waals surface area contributed by atoms with E-state index in [1.165, 1.54) is 0 Å². The monoisotopic (exact) mass is 326 g/mol. The topological polar surface area (TPSA) is 60.5 Å². The Hall–Kier alpha value is -2.40. The first-order chi connectivity index (χ1) is 11.6. The molecule has 1 aromatic heterocycles. The van der Waals surface area contributed by atoms with Gasteiger partial charge in [-0.05, 0) is 63.1 Å². The fraction of sp³-hybridized carbons (Fsp3) is 0.368. The molecule has 1 unspecified atom stereocenters. The Bertz CT molecular complexity index is 687. The van der Waals surface area contributed by atoms with E-state index in [1.54, 1.807) is 12.1 Å². The molecule has 2 aromatic rings. The van der Waals surface area contributed by atoms with Crippen molar-refractivity contribution in [3.8, 4) is 5.75 Å². The molecule has 1 saturated heterocycles. The first kappa shape index (κ1) is 16.5. The van der Waals surface area contributed by atoms with Crippen LogP contribution in [0.15, 0.2) is 36.4 Å². The van der Waals surface area contributed by atoms with Crippen molar-refractivity contribution >= 4 is 11.6 Å². The lowest BCUT2D eigenvalue weighted by atomic mass is 10.2. The molecule has 1 fully saturated rings. The number of carbonyl (C=O) groups is 1. The molecule has 1 aliphatic rings. The highest BCUT2D eigenvalue weighted by Crippen LogP contribution is 2.19. The third-order valence-corrected chi connectivity index (χ3v) is 3.92. The molecule has 5 heteroatoms. The summed E-state index contributed by atoms with van der Waals surface area (Å²) in [5, 5.41) is 2.89. The Labute approximate surface area is 142 Å². The van der Waals surface area contributed by atoms with Gasteiger partial charge in [0, 0.05) is 29.2 Å². The summed E-state index contributed by atoms with van der Waals surface area (Å²) in [7, 11) is 0. The summed E-state index contributed by atoms with van der Waals surface area (Å²) in [5.74, 6) is 0.635. The van der Waals surface area contributed by atoms with Crippen LogP contribution in [-0.4, -0.2) is 30.2 Å². The van der Waals surface area contributed by atoms with Crippen molar-refractivity contribution in [2.45, 2.75) is 32.8 Å². The zero-order valence-electron chi connectivity index (χ0n) is 14.0. The number of nitrogens with one attached hydrogen (secondary N) is 1. The first-order valence-corrected chi connectivity index (χ1v) is 8.21. The van der Waals surface area contributed by atoms with Gasteiger partial charge in [-0.15, -0.1) is 0 Å². The molecule has 1 N–H and O–H groups in total.